The number of aromatic nitrogens is 2. The van der Waals surface area contributed by atoms with Crippen molar-refractivity contribution in [3.8, 4) is 5.75 Å². The van der Waals surface area contributed by atoms with Gasteiger partial charge in [-0.3, -0.25) is 0 Å². The molecule has 8 nitrogen and oxygen atoms in total. The Morgan fingerprint density at radius 2 is 1.84 bits per heavy atom. The van der Waals surface area contributed by atoms with Crippen molar-refractivity contribution in [1.82, 2.24) is 20.0 Å². The van der Waals surface area contributed by atoms with Gasteiger partial charge in [0.25, 0.3) is 0 Å². The highest BCUT2D eigenvalue weighted by molar-refractivity contribution is 7.89. The first-order chi connectivity index (χ1) is 15.3. The highest BCUT2D eigenvalue weighted by Gasteiger charge is 2.18. The topological polar surface area (TPSA) is 105 Å². The van der Waals surface area contributed by atoms with Gasteiger partial charge in [0, 0.05) is 23.3 Å². The SMILES string of the molecule is CC(C)NS(=O)(=O)c1ccc(Nc2ncc3c(Cl)ccc(OC4CCNCC4)c3n2)cc1. The summed E-state index contributed by atoms with van der Waals surface area (Å²) < 4.78 is 33.4. The van der Waals surface area contributed by atoms with Crippen molar-refractivity contribution < 1.29 is 13.2 Å². The van der Waals surface area contributed by atoms with Crippen LogP contribution in [0.4, 0.5) is 11.6 Å². The van der Waals surface area contributed by atoms with Crippen LogP contribution in [0, 0.1) is 0 Å². The lowest BCUT2D eigenvalue weighted by molar-refractivity contribution is 0.164. The Balaban J connectivity index is 1.57. The van der Waals surface area contributed by atoms with Crippen molar-refractivity contribution in [2.75, 3.05) is 18.4 Å². The molecule has 4 rings (SSSR count). The highest BCUT2D eigenvalue weighted by atomic mass is 35.5. The van der Waals surface area contributed by atoms with E-state index in [1.807, 2.05) is 6.07 Å². The van der Waals surface area contributed by atoms with Crippen molar-refractivity contribution in [2.45, 2.75) is 43.7 Å². The Kier molecular flexibility index (Phi) is 6.80. The summed E-state index contributed by atoms with van der Waals surface area (Å²) in [6.07, 6.45) is 3.65. The summed E-state index contributed by atoms with van der Waals surface area (Å²) in [4.78, 5) is 9.18. The molecule has 32 heavy (non-hydrogen) atoms. The van der Waals surface area contributed by atoms with Gasteiger partial charge in [-0.2, -0.15) is 0 Å². The van der Waals surface area contributed by atoms with Crippen LogP contribution in [0.1, 0.15) is 26.7 Å². The third-order valence-corrected chi connectivity index (χ3v) is 7.06. The molecule has 3 aromatic rings. The highest BCUT2D eigenvalue weighted by Crippen LogP contribution is 2.32. The Morgan fingerprint density at radius 1 is 1.12 bits per heavy atom. The summed E-state index contributed by atoms with van der Waals surface area (Å²) in [6, 6.07) is 9.87. The third-order valence-electron chi connectivity index (χ3n) is 5.05. The van der Waals surface area contributed by atoms with Gasteiger partial charge in [-0.15, -0.1) is 0 Å². The van der Waals surface area contributed by atoms with E-state index in [1.54, 1.807) is 38.2 Å². The average molecular weight is 476 g/mol. The van der Waals surface area contributed by atoms with Crippen LogP contribution >= 0.6 is 11.6 Å². The van der Waals surface area contributed by atoms with Crippen molar-refractivity contribution >= 4 is 44.2 Å². The Bertz CT molecular complexity index is 1200. The second kappa shape index (κ2) is 9.58. The largest absolute Gasteiger partial charge is 0.488 e. The molecule has 2 aromatic carbocycles. The minimum absolute atomic E-state index is 0.126. The van der Waals surface area contributed by atoms with Gasteiger partial charge in [0.1, 0.15) is 17.4 Å². The molecule has 0 radical (unpaired) electrons. The molecule has 0 atom stereocenters. The van der Waals surface area contributed by atoms with E-state index >= 15 is 0 Å². The van der Waals surface area contributed by atoms with E-state index < -0.39 is 10.0 Å². The zero-order valence-corrected chi connectivity index (χ0v) is 19.5. The molecule has 0 saturated carbocycles. The van der Waals surface area contributed by atoms with Crippen LogP contribution in [-0.4, -0.2) is 43.6 Å². The van der Waals surface area contributed by atoms with E-state index in [2.05, 4.69) is 25.3 Å². The zero-order valence-electron chi connectivity index (χ0n) is 17.9. The van der Waals surface area contributed by atoms with E-state index in [0.29, 0.717) is 33.3 Å². The minimum Gasteiger partial charge on any atom is -0.488 e. The quantitative estimate of drug-likeness (QED) is 0.476. The summed E-state index contributed by atoms with van der Waals surface area (Å²) in [5, 5.41) is 7.71. The minimum atomic E-state index is -3.55. The molecule has 1 aliphatic heterocycles. The van der Waals surface area contributed by atoms with Crippen LogP contribution in [0.3, 0.4) is 0 Å². The summed E-state index contributed by atoms with van der Waals surface area (Å²) in [5.74, 6) is 1.04. The van der Waals surface area contributed by atoms with Crippen molar-refractivity contribution in [2.24, 2.45) is 0 Å². The molecule has 1 saturated heterocycles. The summed E-state index contributed by atoms with van der Waals surface area (Å²) in [6.45, 7) is 5.41. The fraction of sp³-hybridized carbons (Fsp3) is 0.364. The number of hydrogen-bond acceptors (Lipinski definition) is 7. The molecule has 1 fully saturated rings. The predicted molar refractivity (Wildman–Crippen MR) is 126 cm³/mol. The maximum atomic E-state index is 12.3. The number of anilines is 2. The Morgan fingerprint density at radius 3 is 2.53 bits per heavy atom. The number of hydrogen-bond donors (Lipinski definition) is 3. The summed E-state index contributed by atoms with van der Waals surface area (Å²) >= 11 is 6.35. The molecule has 1 aliphatic rings. The lowest BCUT2D eigenvalue weighted by Crippen LogP contribution is -2.34. The number of piperidine rings is 1. The number of ether oxygens (including phenoxy) is 1. The molecule has 3 N–H and O–H groups in total. The predicted octanol–water partition coefficient (Wildman–Crippen LogP) is 3.84. The number of benzene rings is 2. The number of nitrogens with one attached hydrogen (secondary N) is 3. The molecule has 10 heteroatoms. The molecule has 0 aliphatic carbocycles. The first-order valence-corrected chi connectivity index (χ1v) is 12.4. The van der Waals surface area contributed by atoms with Crippen LogP contribution in [-0.2, 0) is 10.0 Å². The van der Waals surface area contributed by atoms with Gasteiger partial charge < -0.3 is 15.4 Å². The van der Waals surface area contributed by atoms with E-state index in [-0.39, 0.29) is 17.0 Å². The van der Waals surface area contributed by atoms with Crippen molar-refractivity contribution in [1.29, 1.82) is 0 Å². The molecule has 0 amide bonds. The molecule has 0 bridgehead atoms. The van der Waals surface area contributed by atoms with E-state index in [4.69, 9.17) is 16.3 Å². The third kappa shape index (κ3) is 5.29. The number of fused-ring (bicyclic) bond motifs is 1. The second-order valence-electron chi connectivity index (χ2n) is 7.99. The number of rotatable bonds is 7. The molecular weight excluding hydrogens is 450 g/mol. The van der Waals surface area contributed by atoms with Gasteiger partial charge in [-0.1, -0.05) is 11.6 Å². The van der Waals surface area contributed by atoms with E-state index in [1.165, 1.54) is 12.1 Å². The van der Waals surface area contributed by atoms with Gasteiger partial charge in [0.15, 0.2) is 0 Å². The molecular formula is C22H26ClN5O3S. The molecule has 170 valence electrons. The van der Waals surface area contributed by atoms with Gasteiger partial charge >= 0.3 is 0 Å². The van der Waals surface area contributed by atoms with E-state index in [9.17, 15) is 8.42 Å². The molecule has 2 heterocycles. The number of sulfonamides is 1. The van der Waals surface area contributed by atoms with Gasteiger partial charge in [-0.05, 0) is 76.2 Å². The van der Waals surface area contributed by atoms with Crippen molar-refractivity contribution in [3.05, 3.63) is 47.6 Å². The van der Waals surface area contributed by atoms with Gasteiger partial charge in [-0.25, -0.2) is 23.1 Å². The standard InChI is InChI=1S/C22H26ClN5O3S/c1-14(2)28-32(29,30)17-5-3-15(4-6-17)26-22-25-13-18-19(23)7-8-20(21(18)27-22)31-16-9-11-24-12-10-16/h3-8,13-14,16,24,28H,9-12H2,1-2H3,(H,25,26,27). The summed E-state index contributed by atoms with van der Waals surface area (Å²) in [5.41, 5.74) is 1.30. The number of nitrogens with zero attached hydrogens (tertiary/aromatic N) is 2. The molecule has 1 aromatic heterocycles. The molecule has 0 spiro atoms. The fourth-order valence-electron chi connectivity index (χ4n) is 3.54. The summed E-state index contributed by atoms with van der Waals surface area (Å²) in [7, 11) is -3.55. The van der Waals surface area contributed by atoms with Crippen LogP contribution in [0.25, 0.3) is 10.9 Å². The lowest BCUT2D eigenvalue weighted by Gasteiger charge is -2.24. The maximum absolute atomic E-state index is 12.3. The Labute approximate surface area is 192 Å². The first kappa shape index (κ1) is 22.7. The Hall–Kier alpha value is -2.46. The van der Waals surface area contributed by atoms with Gasteiger partial charge in [0.2, 0.25) is 16.0 Å². The fourth-order valence-corrected chi connectivity index (χ4v) is 4.99. The normalized spacial score (nSPS) is 15.2. The lowest BCUT2D eigenvalue weighted by atomic mass is 10.1. The number of halogens is 1. The van der Waals surface area contributed by atoms with Crippen LogP contribution in [0.5, 0.6) is 5.75 Å². The van der Waals surface area contributed by atoms with Crippen molar-refractivity contribution in [3.63, 3.8) is 0 Å². The zero-order chi connectivity index (χ0) is 22.7. The van der Waals surface area contributed by atoms with Crippen LogP contribution in [0.15, 0.2) is 47.5 Å². The van der Waals surface area contributed by atoms with Crippen LogP contribution in [0.2, 0.25) is 5.02 Å². The first-order valence-electron chi connectivity index (χ1n) is 10.5. The maximum Gasteiger partial charge on any atom is 0.240 e. The van der Waals surface area contributed by atoms with Crippen LogP contribution < -0.4 is 20.1 Å². The second-order valence-corrected chi connectivity index (χ2v) is 10.1. The average Bonchev–Trinajstić information content (AvgIpc) is 2.76. The smallest absolute Gasteiger partial charge is 0.240 e. The molecule has 0 unspecified atom stereocenters. The van der Waals surface area contributed by atoms with E-state index in [0.717, 1.165) is 25.9 Å². The van der Waals surface area contributed by atoms with Gasteiger partial charge in [0.05, 0.1) is 9.92 Å². The monoisotopic (exact) mass is 475 g/mol.